The first-order valence-electron chi connectivity index (χ1n) is 5.17. The summed E-state index contributed by atoms with van der Waals surface area (Å²) in [5.74, 6) is 0. The number of rotatable bonds is 6. The fourth-order valence-electron chi connectivity index (χ4n) is 1.33. The van der Waals surface area contributed by atoms with Crippen molar-refractivity contribution in [3.8, 4) is 0 Å². The Morgan fingerprint density at radius 1 is 0.941 bits per heavy atom. The van der Waals surface area contributed by atoms with E-state index in [-0.39, 0.29) is 0 Å². The van der Waals surface area contributed by atoms with E-state index in [1.807, 2.05) is 21.5 Å². The van der Waals surface area contributed by atoms with E-state index in [9.17, 15) is 0 Å². The molecule has 0 spiro atoms. The normalized spacial score (nSPS) is 10.4. The lowest BCUT2D eigenvalue weighted by Crippen LogP contribution is -2.06. The lowest BCUT2D eigenvalue weighted by molar-refractivity contribution is 0.198. The summed E-state index contributed by atoms with van der Waals surface area (Å²) in [5.41, 5.74) is 1.67. The molecule has 0 atom stereocenters. The van der Waals surface area contributed by atoms with Gasteiger partial charge in [0.1, 0.15) is 0 Å². The van der Waals surface area contributed by atoms with Crippen molar-refractivity contribution in [1.29, 1.82) is 0 Å². The van der Waals surface area contributed by atoms with Crippen molar-refractivity contribution in [2.75, 3.05) is 13.2 Å². The molecule has 2 heterocycles. The van der Waals surface area contributed by atoms with Crippen LogP contribution < -0.4 is 0 Å². The minimum atomic E-state index is 0.435. The van der Waals surface area contributed by atoms with Gasteiger partial charge < -0.3 is 13.9 Å². The topological polar surface area (TPSA) is 44.9 Å². The molecule has 0 N–H and O–H groups in total. The molecule has 0 fully saturated rings. The van der Waals surface area contributed by atoms with Crippen LogP contribution in [0, 0.1) is 0 Å². The van der Waals surface area contributed by atoms with Crippen LogP contribution in [0.15, 0.2) is 50.6 Å². The number of nitrogens with zero attached hydrogens (tertiary/aromatic N) is 4. The van der Waals surface area contributed by atoms with Gasteiger partial charge in [0.25, 0.3) is 0 Å². The summed E-state index contributed by atoms with van der Waals surface area (Å²) in [6.45, 7) is 8.68. The van der Waals surface area contributed by atoms with E-state index in [4.69, 9.17) is 4.74 Å². The molecule has 0 bridgehead atoms. The van der Waals surface area contributed by atoms with Crippen LogP contribution >= 0.6 is 0 Å². The highest BCUT2D eigenvalue weighted by atomic mass is 16.5. The first-order valence-corrected chi connectivity index (χ1v) is 5.17. The molecule has 0 aromatic carbocycles. The van der Waals surface area contributed by atoms with Gasteiger partial charge in [-0.3, -0.25) is 0 Å². The number of aromatic nitrogens is 4. The summed E-state index contributed by atoms with van der Waals surface area (Å²) in [6.07, 6.45) is 10.4. The molecule has 0 amide bonds. The monoisotopic (exact) mass is 230 g/mol. The predicted molar refractivity (Wildman–Crippen MR) is 65.9 cm³/mol. The first-order chi connectivity index (χ1) is 8.27. The summed E-state index contributed by atoms with van der Waals surface area (Å²) in [5, 5.41) is 0. The maximum atomic E-state index is 5.51. The third-order valence-electron chi connectivity index (χ3n) is 2.28. The summed E-state index contributed by atoms with van der Waals surface area (Å²) >= 11 is 0. The lowest BCUT2D eigenvalue weighted by Gasteiger charge is -2.09. The Balaban J connectivity index is 1.77. The highest BCUT2D eigenvalue weighted by Gasteiger charge is 2.00. The van der Waals surface area contributed by atoms with Crippen molar-refractivity contribution in [2.45, 2.75) is 0 Å². The first kappa shape index (κ1) is 11.3. The van der Waals surface area contributed by atoms with E-state index in [1.165, 1.54) is 0 Å². The Hall–Kier alpha value is -2.14. The molecule has 2 rings (SSSR count). The lowest BCUT2D eigenvalue weighted by atomic mass is 10.5. The zero-order valence-electron chi connectivity index (χ0n) is 9.49. The Kier molecular flexibility index (Phi) is 3.52. The van der Waals surface area contributed by atoms with Crippen LogP contribution in [0.5, 0.6) is 0 Å². The molecular formula is C12H14N4O. The van der Waals surface area contributed by atoms with Crippen LogP contribution in [0.1, 0.15) is 0 Å². The molecule has 5 heteroatoms. The molecule has 0 saturated heterocycles. The fourth-order valence-corrected chi connectivity index (χ4v) is 1.33. The molecule has 0 unspecified atom stereocenters. The highest BCUT2D eigenvalue weighted by molar-refractivity contribution is 5.44. The maximum Gasteiger partial charge on any atom is 0.0989 e. The third kappa shape index (κ3) is 2.92. The largest absolute Gasteiger partial charge is 0.369 e. The number of hydrogen-bond donors (Lipinski definition) is 0. The van der Waals surface area contributed by atoms with Crippen molar-refractivity contribution < 1.29 is 4.74 Å². The average Bonchev–Trinajstić information content (AvgIpc) is 3.02. The van der Waals surface area contributed by atoms with Crippen LogP contribution in [0.4, 0.5) is 0 Å². The van der Waals surface area contributed by atoms with Gasteiger partial charge in [-0.25, -0.2) is 9.97 Å². The molecule has 0 aliphatic rings. The molecular weight excluding hydrogens is 216 g/mol. The second-order valence-corrected chi connectivity index (χ2v) is 3.57. The summed E-state index contributed by atoms with van der Waals surface area (Å²) in [7, 11) is 0. The third-order valence-corrected chi connectivity index (χ3v) is 2.28. The van der Waals surface area contributed by atoms with Gasteiger partial charge in [-0.2, -0.15) is 0 Å². The summed E-state index contributed by atoms with van der Waals surface area (Å²) in [4.78, 5) is 7.89. The minimum Gasteiger partial charge on any atom is -0.369 e. The van der Waals surface area contributed by atoms with Crippen LogP contribution in [-0.2, 0) is 4.74 Å². The van der Waals surface area contributed by atoms with Crippen LogP contribution in [0.2, 0.25) is 0 Å². The molecule has 0 radical (unpaired) electrons. The van der Waals surface area contributed by atoms with Crippen molar-refractivity contribution in [2.24, 2.45) is 0 Å². The van der Waals surface area contributed by atoms with Gasteiger partial charge in [-0.1, -0.05) is 13.2 Å². The smallest absolute Gasteiger partial charge is 0.0989 e. The van der Waals surface area contributed by atoms with Crippen molar-refractivity contribution in [3.63, 3.8) is 0 Å². The SMILES string of the molecule is C=C(COCC(=C)n1ccnc1)n1ccnc1. The van der Waals surface area contributed by atoms with Gasteiger partial charge in [-0.15, -0.1) is 0 Å². The molecule has 0 saturated carbocycles. The van der Waals surface area contributed by atoms with Gasteiger partial charge in [0, 0.05) is 36.2 Å². The zero-order valence-corrected chi connectivity index (χ0v) is 9.49. The number of ether oxygens (including phenoxy) is 1. The van der Waals surface area contributed by atoms with E-state index in [1.54, 1.807) is 25.0 Å². The molecule has 2 aromatic heterocycles. The molecule has 5 nitrogen and oxygen atoms in total. The highest BCUT2D eigenvalue weighted by Crippen LogP contribution is 2.05. The maximum absolute atomic E-state index is 5.51. The zero-order chi connectivity index (χ0) is 12.1. The van der Waals surface area contributed by atoms with E-state index in [0.29, 0.717) is 13.2 Å². The Bertz CT molecular complexity index is 438. The molecule has 0 aliphatic carbocycles. The van der Waals surface area contributed by atoms with Crippen LogP contribution in [-0.4, -0.2) is 32.3 Å². The van der Waals surface area contributed by atoms with Crippen molar-refractivity contribution in [3.05, 3.63) is 50.6 Å². The fraction of sp³-hybridized carbons (Fsp3) is 0.167. The molecule has 0 aliphatic heterocycles. The second-order valence-electron chi connectivity index (χ2n) is 3.57. The predicted octanol–water partition coefficient (Wildman–Crippen LogP) is 1.74. The van der Waals surface area contributed by atoms with E-state index >= 15 is 0 Å². The Morgan fingerprint density at radius 2 is 1.41 bits per heavy atom. The number of imidazole rings is 2. The van der Waals surface area contributed by atoms with E-state index < -0.39 is 0 Å². The Morgan fingerprint density at radius 3 is 1.76 bits per heavy atom. The molecule has 17 heavy (non-hydrogen) atoms. The number of hydrogen-bond acceptors (Lipinski definition) is 3. The van der Waals surface area contributed by atoms with Gasteiger partial charge >= 0.3 is 0 Å². The Labute approximate surface area is 99.7 Å². The van der Waals surface area contributed by atoms with Gasteiger partial charge in [0.15, 0.2) is 0 Å². The van der Waals surface area contributed by atoms with E-state index in [2.05, 4.69) is 23.1 Å². The molecule has 2 aromatic rings. The van der Waals surface area contributed by atoms with Crippen LogP contribution in [0.25, 0.3) is 11.4 Å². The quantitative estimate of drug-likeness (QED) is 0.759. The average molecular weight is 230 g/mol. The molecule has 88 valence electrons. The van der Waals surface area contributed by atoms with Gasteiger partial charge in [0.2, 0.25) is 0 Å². The van der Waals surface area contributed by atoms with Gasteiger partial charge in [0.05, 0.1) is 25.9 Å². The van der Waals surface area contributed by atoms with Crippen molar-refractivity contribution in [1.82, 2.24) is 19.1 Å². The van der Waals surface area contributed by atoms with Crippen molar-refractivity contribution >= 4 is 11.4 Å². The van der Waals surface area contributed by atoms with Gasteiger partial charge in [-0.05, 0) is 0 Å². The van der Waals surface area contributed by atoms with Crippen LogP contribution in [0.3, 0.4) is 0 Å². The second kappa shape index (κ2) is 5.27. The standard InChI is InChI=1S/C12H14N4O/c1-11(15-5-3-13-9-15)7-17-8-12(2)16-6-4-14-10-16/h3-6,9-10H,1-2,7-8H2. The summed E-state index contributed by atoms with van der Waals surface area (Å²) in [6, 6.07) is 0. The minimum absolute atomic E-state index is 0.435. The summed E-state index contributed by atoms with van der Waals surface area (Å²) < 4.78 is 9.15. The van der Waals surface area contributed by atoms with E-state index in [0.717, 1.165) is 11.4 Å².